The molecule has 1 N–H and O–H groups in total. The maximum absolute atomic E-state index is 12.1. The van der Waals surface area contributed by atoms with Gasteiger partial charge in [0.25, 0.3) is 0 Å². The molecule has 0 aliphatic carbocycles. The van der Waals surface area contributed by atoms with Crippen molar-refractivity contribution in [1.29, 1.82) is 0 Å². The lowest BCUT2D eigenvalue weighted by molar-refractivity contribution is 0.297. The number of rotatable bonds is 3. The summed E-state index contributed by atoms with van der Waals surface area (Å²) in [7, 11) is 0. The van der Waals surface area contributed by atoms with Crippen LogP contribution >= 0.6 is 0 Å². The van der Waals surface area contributed by atoms with Crippen molar-refractivity contribution in [3.05, 3.63) is 75.8 Å². The predicted octanol–water partition coefficient (Wildman–Crippen LogP) is 3.63. The van der Waals surface area contributed by atoms with Crippen molar-refractivity contribution in [3.8, 4) is 0 Å². The van der Waals surface area contributed by atoms with Crippen LogP contribution in [0.2, 0.25) is 0 Å². The molecule has 116 valence electrons. The topological polar surface area (TPSA) is 89.1 Å². The summed E-state index contributed by atoms with van der Waals surface area (Å²) in [6.45, 7) is 1.64. The van der Waals surface area contributed by atoms with E-state index < -0.39 is 5.63 Å². The minimum Gasteiger partial charge on any atom is -0.733 e. The number of fused-ring (bicyclic) bond motifs is 1. The van der Waals surface area contributed by atoms with Crippen LogP contribution in [0.3, 0.4) is 0 Å². The molecule has 0 aliphatic heterocycles. The molecule has 1 heterocycles. The third-order valence-corrected chi connectivity index (χ3v) is 3.41. The van der Waals surface area contributed by atoms with Crippen molar-refractivity contribution in [2.75, 3.05) is 5.23 Å². The van der Waals surface area contributed by atoms with Gasteiger partial charge >= 0.3 is 5.63 Å². The summed E-state index contributed by atoms with van der Waals surface area (Å²) in [4.78, 5) is 16.4. The Morgan fingerprint density at radius 1 is 1.17 bits per heavy atom. The van der Waals surface area contributed by atoms with Gasteiger partial charge in [-0.15, -0.1) is 0 Å². The third kappa shape index (κ3) is 2.98. The second-order valence-electron chi connectivity index (χ2n) is 4.94. The Bertz CT molecular complexity index is 944. The highest BCUT2D eigenvalue weighted by Gasteiger charge is 2.09. The van der Waals surface area contributed by atoms with Crippen molar-refractivity contribution in [1.82, 2.24) is 0 Å². The number of aliphatic imine (C=N–C) groups is 1. The largest absolute Gasteiger partial charge is 0.733 e. The van der Waals surface area contributed by atoms with Crippen molar-refractivity contribution in [2.24, 2.45) is 4.99 Å². The molecule has 0 atom stereocenters. The van der Waals surface area contributed by atoms with Gasteiger partial charge in [-0.2, -0.15) is 0 Å². The standard InChI is InChI=1S/C17H13N2O4/c1-11(18-14-7-3-4-8-15(14)19(21)22)13-10-12-6-2-5-9-16(12)23-17(13)20/h2-10,21H,1H3/q-1. The molecule has 1 aromatic heterocycles. The maximum Gasteiger partial charge on any atom is 0.345 e. The zero-order chi connectivity index (χ0) is 16.4. The molecule has 0 fully saturated rings. The second-order valence-corrected chi connectivity index (χ2v) is 4.94. The lowest BCUT2D eigenvalue weighted by Crippen LogP contribution is -2.12. The Balaban J connectivity index is 2.12. The van der Waals surface area contributed by atoms with Crippen molar-refractivity contribution in [3.63, 3.8) is 0 Å². The molecular weight excluding hydrogens is 296 g/mol. The van der Waals surface area contributed by atoms with E-state index in [2.05, 4.69) is 4.99 Å². The van der Waals surface area contributed by atoms with Gasteiger partial charge in [-0.25, -0.2) is 4.79 Å². The van der Waals surface area contributed by atoms with Gasteiger partial charge in [0.1, 0.15) is 5.58 Å². The summed E-state index contributed by atoms with van der Waals surface area (Å²) in [6, 6.07) is 15.2. The summed E-state index contributed by atoms with van der Waals surface area (Å²) in [5, 5.41) is 20.8. The number of hydrogen-bond donors (Lipinski definition) is 1. The fraction of sp³-hybridized carbons (Fsp3) is 0.0588. The lowest BCUT2D eigenvalue weighted by Gasteiger charge is -2.23. The summed E-state index contributed by atoms with van der Waals surface area (Å²) in [6.07, 6.45) is 0. The first-order valence-electron chi connectivity index (χ1n) is 6.90. The fourth-order valence-corrected chi connectivity index (χ4v) is 2.28. The van der Waals surface area contributed by atoms with Crippen molar-refractivity contribution < 1.29 is 9.62 Å². The average Bonchev–Trinajstić information content (AvgIpc) is 2.54. The van der Waals surface area contributed by atoms with Crippen LogP contribution in [-0.4, -0.2) is 10.9 Å². The van der Waals surface area contributed by atoms with E-state index in [9.17, 15) is 10.0 Å². The molecule has 0 saturated heterocycles. The number of benzene rings is 2. The van der Waals surface area contributed by atoms with Crippen molar-refractivity contribution in [2.45, 2.75) is 6.92 Å². The lowest BCUT2D eigenvalue weighted by atomic mass is 10.1. The van der Waals surface area contributed by atoms with Crippen LogP contribution in [0.5, 0.6) is 0 Å². The molecular formula is C17H13N2O4-. The van der Waals surface area contributed by atoms with Crippen LogP contribution in [0.1, 0.15) is 12.5 Å². The van der Waals surface area contributed by atoms with Crippen LogP contribution in [0.25, 0.3) is 11.0 Å². The molecule has 0 aliphatic rings. The molecule has 0 bridgehead atoms. The maximum atomic E-state index is 12.1. The first-order chi connectivity index (χ1) is 11.1. The molecule has 6 heteroatoms. The minimum atomic E-state index is -0.509. The molecule has 0 saturated carbocycles. The number of nitrogens with zero attached hydrogens (tertiary/aromatic N) is 2. The van der Waals surface area contributed by atoms with E-state index in [4.69, 9.17) is 9.62 Å². The molecule has 0 spiro atoms. The highest BCUT2D eigenvalue weighted by molar-refractivity contribution is 6.02. The molecule has 3 aromatic rings. The van der Waals surface area contributed by atoms with Gasteiger partial charge in [0.2, 0.25) is 0 Å². The van der Waals surface area contributed by atoms with Crippen LogP contribution < -0.4 is 10.9 Å². The van der Waals surface area contributed by atoms with Gasteiger partial charge in [-0.05, 0) is 31.2 Å². The Morgan fingerprint density at radius 3 is 2.65 bits per heavy atom. The van der Waals surface area contributed by atoms with E-state index in [0.29, 0.717) is 16.9 Å². The summed E-state index contributed by atoms with van der Waals surface area (Å²) >= 11 is 0. The molecule has 0 unspecified atom stereocenters. The zero-order valence-electron chi connectivity index (χ0n) is 12.3. The Kier molecular flexibility index (Phi) is 3.92. The highest BCUT2D eigenvalue weighted by atomic mass is 16.8. The van der Waals surface area contributed by atoms with Gasteiger partial charge in [0.05, 0.1) is 22.6 Å². The average molecular weight is 309 g/mol. The van der Waals surface area contributed by atoms with E-state index in [1.165, 1.54) is 6.07 Å². The number of anilines is 1. The minimum absolute atomic E-state index is 0.00275. The van der Waals surface area contributed by atoms with E-state index >= 15 is 0 Å². The highest BCUT2D eigenvalue weighted by Crippen LogP contribution is 2.27. The normalized spacial score (nSPS) is 11.7. The van der Waals surface area contributed by atoms with E-state index in [1.54, 1.807) is 43.3 Å². The Hall–Kier alpha value is -2.96. The SMILES string of the molecule is CC(=Nc1ccccc1N([O-])O)c1cc2ccccc2oc1=O. The molecule has 0 amide bonds. The molecule has 3 rings (SSSR count). The van der Waals surface area contributed by atoms with Gasteiger partial charge in [-0.1, -0.05) is 30.3 Å². The van der Waals surface area contributed by atoms with Gasteiger partial charge in [0.15, 0.2) is 0 Å². The van der Waals surface area contributed by atoms with Crippen LogP contribution in [0.15, 0.2) is 68.8 Å². The molecule has 0 radical (unpaired) electrons. The van der Waals surface area contributed by atoms with E-state index in [-0.39, 0.29) is 16.6 Å². The Labute approximate surface area is 131 Å². The first-order valence-corrected chi connectivity index (χ1v) is 6.90. The number of hydrogen-bond acceptors (Lipinski definition) is 6. The summed E-state index contributed by atoms with van der Waals surface area (Å²) < 4.78 is 5.27. The van der Waals surface area contributed by atoms with Gasteiger partial charge < -0.3 is 14.9 Å². The van der Waals surface area contributed by atoms with E-state index in [1.807, 2.05) is 12.1 Å². The quantitative estimate of drug-likeness (QED) is 0.453. The third-order valence-electron chi connectivity index (χ3n) is 3.41. The van der Waals surface area contributed by atoms with Crippen molar-refractivity contribution >= 4 is 28.1 Å². The van der Waals surface area contributed by atoms with Gasteiger partial charge in [0, 0.05) is 5.39 Å². The van der Waals surface area contributed by atoms with Crippen LogP contribution in [0.4, 0.5) is 11.4 Å². The van der Waals surface area contributed by atoms with Crippen LogP contribution in [0, 0.1) is 5.21 Å². The number of para-hydroxylation sites is 3. The first kappa shape index (κ1) is 15.0. The monoisotopic (exact) mass is 309 g/mol. The Morgan fingerprint density at radius 2 is 1.87 bits per heavy atom. The fourth-order valence-electron chi connectivity index (χ4n) is 2.28. The predicted molar refractivity (Wildman–Crippen MR) is 88.4 cm³/mol. The second kappa shape index (κ2) is 6.04. The van der Waals surface area contributed by atoms with Gasteiger partial charge in [-0.3, -0.25) is 10.2 Å². The summed E-state index contributed by atoms with van der Waals surface area (Å²) in [5.41, 5.74) is 0.931. The molecule has 6 nitrogen and oxygen atoms in total. The molecule has 2 aromatic carbocycles. The smallest absolute Gasteiger partial charge is 0.345 e. The van der Waals surface area contributed by atoms with E-state index in [0.717, 1.165) is 5.39 Å². The molecule has 23 heavy (non-hydrogen) atoms. The van der Waals surface area contributed by atoms with Crippen LogP contribution in [-0.2, 0) is 0 Å². The summed E-state index contributed by atoms with van der Waals surface area (Å²) in [5.74, 6) is 0. The zero-order valence-corrected chi connectivity index (χ0v) is 12.3.